The van der Waals surface area contributed by atoms with Crippen LogP contribution >= 0.6 is 35.0 Å². The molecule has 4 rings (SSSR count). The first-order chi connectivity index (χ1) is 19.3. The third-order valence-electron chi connectivity index (χ3n) is 5.48. The fraction of sp³-hybridized carbons (Fsp3) is 0.0667. The molecular formula is C30H24Cl2N4O3S. The van der Waals surface area contributed by atoms with Crippen LogP contribution in [0.25, 0.3) is 6.08 Å². The lowest BCUT2D eigenvalue weighted by Crippen LogP contribution is -2.30. The topological polar surface area (TPSA) is 100 Å². The Morgan fingerprint density at radius 1 is 0.825 bits per heavy atom. The van der Waals surface area contributed by atoms with Crippen molar-refractivity contribution in [3.05, 3.63) is 124 Å². The summed E-state index contributed by atoms with van der Waals surface area (Å²) in [6.45, 7) is 1.79. The van der Waals surface area contributed by atoms with Gasteiger partial charge in [-0.2, -0.15) is 0 Å². The van der Waals surface area contributed by atoms with Crippen LogP contribution in [-0.4, -0.2) is 28.0 Å². The van der Waals surface area contributed by atoms with Gasteiger partial charge in [0.25, 0.3) is 11.8 Å². The van der Waals surface area contributed by atoms with Gasteiger partial charge in [0.2, 0.25) is 5.91 Å². The van der Waals surface area contributed by atoms with Gasteiger partial charge in [0.1, 0.15) is 11.5 Å². The molecule has 40 heavy (non-hydrogen) atoms. The molecule has 0 aliphatic rings. The molecule has 3 N–H and O–H groups in total. The third kappa shape index (κ3) is 8.44. The SMILES string of the molecule is CC(Sc1ccc(NC(=O)/C(=C/c2ccc(Cl)cc2)NC(=O)c2ccccc2)cc1)C(=O)Nc1ccc(Cl)cn1. The average Bonchev–Trinajstić information content (AvgIpc) is 2.96. The van der Waals surface area contributed by atoms with Crippen LogP contribution in [0.3, 0.4) is 0 Å². The Kier molecular flexibility index (Phi) is 9.96. The molecule has 0 aliphatic carbocycles. The highest BCUT2D eigenvalue weighted by molar-refractivity contribution is 8.00. The van der Waals surface area contributed by atoms with Crippen LogP contribution in [0, 0.1) is 0 Å². The van der Waals surface area contributed by atoms with Crippen molar-refractivity contribution >= 4 is 70.3 Å². The Labute approximate surface area is 246 Å². The largest absolute Gasteiger partial charge is 0.321 e. The summed E-state index contributed by atoms with van der Waals surface area (Å²) in [5.74, 6) is -0.698. The minimum Gasteiger partial charge on any atom is -0.321 e. The molecule has 0 bridgehead atoms. The summed E-state index contributed by atoms with van der Waals surface area (Å²) in [5, 5.41) is 8.92. The van der Waals surface area contributed by atoms with Gasteiger partial charge >= 0.3 is 0 Å². The van der Waals surface area contributed by atoms with Crippen molar-refractivity contribution in [3.63, 3.8) is 0 Å². The van der Waals surface area contributed by atoms with Gasteiger partial charge in [-0.15, -0.1) is 11.8 Å². The minimum absolute atomic E-state index is 0.0655. The number of hydrogen-bond acceptors (Lipinski definition) is 5. The fourth-order valence-corrected chi connectivity index (χ4v) is 4.52. The predicted molar refractivity (Wildman–Crippen MR) is 162 cm³/mol. The second-order valence-corrected chi connectivity index (χ2v) is 10.8. The molecule has 1 atom stereocenters. The lowest BCUT2D eigenvalue weighted by molar-refractivity contribution is -0.115. The van der Waals surface area contributed by atoms with E-state index in [0.717, 1.165) is 4.90 Å². The van der Waals surface area contributed by atoms with Gasteiger partial charge in [0, 0.05) is 27.4 Å². The zero-order chi connectivity index (χ0) is 28.5. The van der Waals surface area contributed by atoms with Gasteiger partial charge < -0.3 is 16.0 Å². The number of nitrogens with one attached hydrogen (secondary N) is 3. The number of anilines is 2. The molecule has 0 saturated carbocycles. The number of carbonyl (C=O) groups excluding carboxylic acids is 3. The molecule has 202 valence electrons. The predicted octanol–water partition coefficient (Wildman–Crippen LogP) is 6.92. The van der Waals surface area contributed by atoms with E-state index in [4.69, 9.17) is 23.2 Å². The van der Waals surface area contributed by atoms with Crippen LogP contribution in [-0.2, 0) is 9.59 Å². The van der Waals surface area contributed by atoms with E-state index in [1.165, 1.54) is 18.0 Å². The summed E-state index contributed by atoms with van der Waals surface area (Å²) >= 11 is 13.2. The minimum atomic E-state index is -0.497. The summed E-state index contributed by atoms with van der Waals surface area (Å²) in [6, 6.07) is 25.9. The maximum Gasteiger partial charge on any atom is 0.272 e. The summed E-state index contributed by atoms with van der Waals surface area (Å²) in [6.07, 6.45) is 3.04. The first-order valence-corrected chi connectivity index (χ1v) is 13.7. The number of pyridine rings is 1. The van der Waals surface area contributed by atoms with Crippen molar-refractivity contribution in [2.45, 2.75) is 17.1 Å². The smallest absolute Gasteiger partial charge is 0.272 e. The Bertz CT molecular complexity index is 1510. The normalized spacial score (nSPS) is 11.8. The summed E-state index contributed by atoms with van der Waals surface area (Å²) in [7, 11) is 0. The van der Waals surface area contributed by atoms with E-state index < -0.39 is 17.1 Å². The summed E-state index contributed by atoms with van der Waals surface area (Å²) < 4.78 is 0. The molecule has 10 heteroatoms. The summed E-state index contributed by atoms with van der Waals surface area (Å²) in [5.41, 5.74) is 1.70. The highest BCUT2D eigenvalue weighted by Gasteiger charge is 2.17. The molecule has 0 radical (unpaired) electrons. The lowest BCUT2D eigenvalue weighted by Gasteiger charge is -2.13. The van der Waals surface area contributed by atoms with Gasteiger partial charge in [-0.1, -0.05) is 53.5 Å². The number of rotatable bonds is 9. The second-order valence-electron chi connectivity index (χ2n) is 8.52. The van der Waals surface area contributed by atoms with Gasteiger partial charge in [0.15, 0.2) is 0 Å². The van der Waals surface area contributed by atoms with E-state index in [-0.39, 0.29) is 11.6 Å². The van der Waals surface area contributed by atoms with Crippen molar-refractivity contribution in [2.24, 2.45) is 0 Å². The van der Waals surface area contributed by atoms with Crippen LogP contribution in [0.4, 0.5) is 11.5 Å². The van der Waals surface area contributed by atoms with Gasteiger partial charge in [-0.05, 0) is 79.2 Å². The molecule has 7 nitrogen and oxygen atoms in total. The highest BCUT2D eigenvalue weighted by atomic mass is 35.5. The number of hydrogen-bond donors (Lipinski definition) is 3. The maximum atomic E-state index is 13.2. The Hall–Kier alpha value is -4.11. The number of carbonyl (C=O) groups is 3. The van der Waals surface area contributed by atoms with Crippen LogP contribution in [0.5, 0.6) is 0 Å². The Balaban J connectivity index is 1.42. The number of nitrogens with zero attached hydrogens (tertiary/aromatic N) is 1. The number of thioether (sulfide) groups is 1. The van der Waals surface area contributed by atoms with Gasteiger partial charge in [0.05, 0.1) is 10.3 Å². The average molecular weight is 592 g/mol. The van der Waals surface area contributed by atoms with Crippen LogP contribution in [0.2, 0.25) is 10.0 Å². The standard InChI is InChI=1S/C30H24Cl2N4O3S/c1-19(28(37)36-27-16-11-23(32)18-33-27)40-25-14-12-24(13-15-25)34-30(39)26(17-20-7-9-22(31)10-8-20)35-29(38)21-5-3-2-4-6-21/h2-19H,1H3,(H,34,39)(H,35,38)(H,33,36,37)/b26-17-. The molecule has 0 spiro atoms. The van der Waals surface area contributed by atoms with Crippen molar-refractivity contribution in [1.82, 2.24) is 10.3 Å². The number of benzene rings is 3. The molecular weight excluding hydrogens is 567 g/mol. The number of aromatic nitrogens is 1. The van der Waals surface area contributed by atoms with Crippen molar-refractivity contribution in [2.75, 3.05) is 10.6 Å². The second kappa shape index (κ2) is 13.8. The number of amides is 3. The third-order valence-corrected chi connectivity index (χ3v) is 7.07. The Morgan fingerprint density at radius 3 is 2.15 bits per heavy atom. The first-order valence-electron chi connectivity index (χ1n) is 12.1. The van der Waals surface area contributed by atoms with Gasteiger partial charge in [-0.25, -0.2) is 4.98 Å². The van der Waals surface area contributed by atoms with Gasteiger partial charge in [-0.3, -0.25) is 14.4 Å². The maximum absolute atomic E-state index is 13.2. The van der Waals surface area contributed by atoms with E-state index in [0.29, 0.717) is 32.7 Å². The molecule has 1 unspecified atom stereocenters. The summed E-state index contributed by atoms with van der Waals surface area (Å²) in [4.78, 5) is 43.4. The number of halogens is 2. The monoisotopic (exact) mass is 590 g/mol. The lowest BCUT2D eigenvalue weighted by atomic mass is 10.1. The van der Waals surface area contributed by atoms with E-state index >= 15 is 0 Å². The molecule has 0 fully saturated rings. The quantitative estimate of drug-likeness (QED) is 0.145. The van der Waals surface area contributed by atoms with Crippen LogP contribution < -0.4 is 16.0 Å². The van der Waals surface area contributed by atoms with Crippen LogP contribution in [0.15, 0.2) is 108 Å². The fourth-order valence-electron chi connectivity index (χ4n) is 3.42. The Morgan fingerprint density at radius 2 is 1.50 bits per heavy atom. The molecule has 0 saturated heterocycles. The highest BCUT2D eigenvalue weighted by Crippen LogP contribution is 2.26. The molecule has 3 amide bonds. The molecule has 1 aromatic heterocycles. The van der Waals surface area contributed by atoms with Crippen molar-refractivity contribution in [1.29, 1.82) is 0 Å². The van der Waals surface area contributed by atoms with Crippen molar-refractivity contribution < 1.29 is 14.4 Å². The van der Waals surface area contributed by atoms with E-state index in [1.54, 1.807) is 104 Å². The van der Waals surface area contributed by atoms with Crippen molar-refractivity contribution in [3.8, 4) is 0 Å². The first kappa shape index (κ1) is 28.9. The molecule has 4 aromatic rings. The van der Waals surface area contributed by atoms with E-state index in [2.05, 4.69) is 20.9 Å². The molecule has 1 heterocycles. The van der Waals surface area contributed by atoms with Crippen LogP contribution in [0.1, 0.15) is 22.8 Å². The molecule has 0 aliphatic heterocycles. The molecule has 3 aromatic carbocycles. The van der Waals surface area contributed by atoms with E-state index in [9.17, 15) is 14.4 Å². The van der Waals surface area contributed by atoms with E-state index in [1.807, 2.05) is 0 Å². The zero-order valence-corrected chi connectivity index (χ0v) is 23.6. The zero-order valence-electron chi connectivity index (χ0n) is 21.2.